The number of aromatic nitrogens is 1. The van der Waals surface area contributed by atoms with Crippen molar-refractivity contribution in [2.24, 2.45) is 7.05 Å². The predicted molar refractivity (Wildman–Crippen MR) is 65.7 cm³/mol. The minimum atomic E-state index is -0.236. The van der Waals surface area contributed by atoms with Gasteiger partial charge in [0, 0.05) is 31.6 Å². The van der Waals surface area contributed by atoms with Crippen molar-refractivity contribution < 1.29 is 9.53 Å². The summed E-state index contributed by atoms with van der Waals surface area (Å²) in [4.78, 5) is 11.8. The highest BCUT2D eigenvalue weighted by Gasteiger charge is 2.23. The molecule has 4 heteroatoms. The zero-order valence-corrected chi connectivity index (χ0v) is 10.7. The predicted octanol–water partition coefficient (Wildman–Crippen LogP) is 1.44. The largest absolute Gasteiger partial charge is 0.368 e. The molecule has 1 aromatic rings. The van der Waals surface area contributed by atoms with Gasteiger partial charge in [-0.15, -0.1) is 0 Å². The number of hydrogen-bond donors (Lipinski definition) is 1. The van der Waals surface area contributed by atoms with Gasteiger partial charge in [-0.05, 0) is 38.3 Å². The van der Waals surface area contributed by atoms with E-state index in [2.05, 4.69) is 29.8 Å². The third kappa shape index (κ3) is 2.52. The lowest BCUT2D eigenvalue weighted by atomic mass is 10.2. The van der Waals surface area contributed by atoms with Crippen LogP contribution in [-0.2, 0) is 23.1 Å². The highest BCUT2D eigenvalue weighted by atomic mass is 16.5. The third-order valence-corrected chi connectivity index (χ3v) is 3.56. The molecular weight excluding hydrogens is 216 g/mol. The molecule has 0 saturated carbocycles. The van der Waals surface area contributed by atoms with Crippen LogP contribution in [0.15, 0.2) is 6.07 Å². The summed E-state index contributed by atoms with van der Waals surface area (Å²) in [6.07, 6.45) is 1.60. The first-order valence-corrected chi connectivity index (χ1v) is 6.10. The maximum atomic E-state index is 11.8. The Morgan fingerprint density at radius 2 is 2.35 bits per heavy atom. The number of nitrogens with one attached hydrogen (secondary N) is 1. The molecule has 1 aliphatic heterocycles. The van der Waals surface area contributed by atoms with Crippen molar-refractivity contribution in [1.82, 2.24) is 9.88 Å². The molecule has 94 valence electrons. The van der Waals surface area contributed by atoms with Gasteiger partial charge in [-0.25, -0.2) is 0 Å². The van der Waals surface area contributed by atoms with E-state index in [1.807, 2.05) is 7.05 Å². The molecule has 4 nitrogen and oxygen atoms in total. The Hall–Kier alpha value is -1.29. The van der Waals surface area contributed by atoms with Crippen LogP contribution in [0.3, 0.4) is 0 Å². The third-order valence-electron chi connectivity index (χ3n) is 3.56. The van der Waals surface area contributed by atoms with Gasteiger partial charge in [-0.2, -0.15) is 0 Å². The molecule has 1 N–H and O–H groups in total. The van der Waals surface area contributed by atoms with Gasteiger partial charge in [0.05, 0.1) is 0 Å². The van der Waals surface area contributed by atoms with Crippen LogP contribution in [-0.4, -0.2) is 23.2 Å². The summed E-state index contributed by atoms with van der Waals surface area (Å²) >= 11 is 0. The van der Waals surface area contributed by atoms with Gasteiger partial charge >= 0.3 is 0 Å². The first-order valence-electron chi connectivity index (χ1n) is 6.10. The van der Waals surface area contributed by atoms with E-state index in [0.717, 1.165) is 12.8 Å². The van der Waals surface area contributed by atoms with Gasteiger partial charge in [0.15, 0.2) is 0 Å². The van der Waals surface area contributed by atoms with E-state index in [9.17, 15) is 4.79 Å². The highest BCUT2D eigenvalue weighted by Crippen LogP contribution is 2.14. The molecule has 1 fully saturated rings. The fraction of sp³-hybridized carbons (Fsp3) is 0.615. The minimum absolute atomic E-state index is 0.0170. The van der Waals surface area contributed by atoms with Crippen LogP contribution >= 0.6 is 0 Å². The summed E-state index contributed by atoms with van der Waals surface area (Å²) in [7, 11) is 2.04. The minimum Gasteiger partial charge on any atom is -0.368 e. The van der Waals surface area contributed by atoms with Crippen molar-refractivity contribution in [3.05, 3.63) is 23.0 Å². The van der Waals surface area contributed by atoms with Crippen LogP contribution in [0.2, 0.25) is 0 Å². The second-order valence-electron chi connectivity index (χ2n) is 4.67. The topological polar surface area (TPSA) is 43.3 Å². The monoisotopic (exact) mass is 236 g/mol. The van der Waals surface area contributed by atoms with Gasteiger partial charge in [-0.3, -0.25) is 4.79 Å². The number of ether oxygens (including phenoxy) is 1. The molecule has 1 amide bonds. The molecule has 1 aliphatic rings. The van der Waals surface area contributed by atoms with Crippen molar-refractivity contribution in [2.45, 2.75) is 39.3 Å². The number of hydrogen-bond acceptors (Lipinski definition) is 2. The molecule has 0 spiro atoms. The highest BCUT2D eigenvalue weighted by molar-refractivity contribution is 5.80. The fourth-order valence-electron chi connectivity index (χ4n) is 2.19. The number of aryl methyl sites for hydroxylation is 1. The van der Waals surface area contributed by atoms with E-state index >= 15 is 0 Å². The maximum absolute atomic E-state index is 11.8. The fourth-order valence-corrected chi connectivity index (χ4v) is 2.19. The summed E-state index contributed by atoms with van der Waals surface area (Å²) in [5, 5.41) is 2.94. The molecule has 0 radical (unpaired) electrons. The van der Waals surface area contributed by atoms with Crippen LogP contribution < -0.4 is 5.32 Å². The van der Waals surface area contributed by atoms with Gasteiger partial charge in [0.25, 0.3) is 0 Å². The van der Waals surface area contributed by atoms with Crippen LogP contribution in [0.5, 0.6) is 0 Å². The van der Waals surface area contributed by atoms with Crippen molar-refractivity contribution in [2.75, 3.05) is 6.61 Å². The number of rotatable bonds is 3. The molecule has 0 aliphatic carbocycles. The molecule has 1 aromatic heterocycles. The van der Waals surface area contributed by atoms with Crippen molar-refractivity contribution in [1.29, 1.82) is 0 Å². The van der Waals surface area contributed by atoms with E-state index in [1.54, 1.807) is 0 Å². The molecule has 1 atom stereocenters. The number of amides is 1. The van der Waals surface area contributed by atoms with E-state index in [-0.39, 0.29) is 12.0 Å². The number of carbonyl (C=O) groups is 1. The first-order chi connectivity index (χ1) is 8.09. The molecular formula is C13H20N2O2. The zero-order chi connectivity index (χ0) is 12.4. The molecule has 0 aromatic carbocycles. The van der Waals surface area contributed by atoms with Crippen LogP contribution in [0.25, 0.3) is 0 Å². The number of carbonyl (C=O) groups excluding carboxylic acids is 1. The quantitative estimate of drug-likeness (QED) is 0.863. The number of nitrogens with zero attached hydrogens (tertiary/aromatic N) is 1. The maximum Gasteiger partial charge on any atom is 0.249 e. The van der Waals surface area contributed by atoms with Gasteiger partial charge in [0.2, 0.25) is 5.91 Å². The van der Waals surface area contributed by atoms with Crippen molar-refractivity contribution >= 4 is 5.91 Å². The summed E-state index contributed by atoms with van der Waals surface area (Å²) < 4.78 is 7.48. The standard InChI is InChI=1S/C13H20N2O2/c1-9-7-11(10(2)15(9)3)8-14-13(16)12-5-4-6-17-12/h7,12H,4-6,8H2,1-3H3,(H,14,16). The average molecular weight is 236 g/mol. The van der Waals surface area contributed by atoms with E-state index in [0.29, 0.717) is 13.2 Å². The Balaban J connectivity index is 1.93. The van der Waals surface area contributed by atoms with E-state index in [4.69, 9.17) is 4.74 Å². The average Bonchev–Trinajstić information content (AvgIpc) is 2.91. The lowest BCUT2D eigenvalue weighted by Crippen LogP contribution is -2.33. The Morgan fingerprint density at radius 3 is 2.88 bits per heavy atom. The first kappa shape index (κ1) is 12.2. The summed E-state index contributed by atoms with van der Waals surface area (Å²) in [6, 6.07) is 2.12. The lowest BCUT2D eigenvalue weighted by Gasteiger charge is -2.10. The summed E-state index contributed by atoms with van der Waals surface area (Å²) in [5.41, 5.74) is 3.59. The Bertz CT molecular complexity index is 417. The molecule has 1 saturated heterocycles. The van der Waals surface area contributed by atoms with E-state index < -0.39 is 0 Å². The molecule has 2 heterocycles. The zero-order valence-electron chi connectivity index (χ0n) is 10.7. The van der Waals surface area contributed by atoms with Gasteiger partial charge in [0.1, 0.15) is 6.10 Å². The normalized spacial score (nSPS) is 19.6. The van der Waals surface area contributed by atoms with Crippen molar-refractivity contribution in [3.63, 3.8) is 0 Å². The molecule has 1 unspecified atom stereocenters. The second-order valence-corrected chi connectivity index (χ2v) is 4.67. The SMILES string of the molecule is Cc1cc(CNC(=O)C2CCCO2)c(C)n1C. The van der Waals surface area contributed by atoms with Crippen LogP contribution in [0.1, 0.15) is 29.8 Å². The lowest BCUT2D eigenvalue weighted by molar-refractivity contribution is -0.130. The van der Waals surface area contributed by atoms with E-state index in [1.165, 1.54) is 17.0 Å². The summed E-state index contributed by atoms with van der Waals surface area (Å²) in [5.74, 6) is 0.0170. The molecule has 17 heavy (non-hydrogen) atoms. The van der Waals surface area contributed by atoms with Gasteiger partial charge in [-0.1, -0.05) is 0 Å². The van der Waals surface area contributed by atoms with Crippen LogP contribution in [0, 0.1) is 13.8 Å². The summed E-state index contributed by atoms with van der Waals surface area (Å²) in [6.45, 7) is 5.44. The Kier molecular flexibility index (Phi) is 3.52. The molecule has 2 rings (SSSR count). The van der Waals surface area contributed by atoms with Gasteiger partial charge < -0.3 is 14.6 Å². The Labute approximate surface area is 102 Å². The smallest absolute Gasteiger partial charge is 0.249 e. The van der Waals surface area contributed by atoms with Crippen molar-refractivity contribution in [3.8, 4) is 0 Å². The second kappa shape index (κ2) is 4.92. The Morgan fingerprint density at radius 1 is 1.59 bits per heavy atom. The van der Waals surface area contributed by atoms with Crippen LogP contribution in [0.4, 0.5) is 0 Å². The molecule has 0 bridgehead atoms.